The lowest BCUT2D eigenvalue weighted by Crippen LogP contribution is -2.29. The molecule has 1 fully saturated rings. The molecule has 1 aromatic heterocycles. The van der Waals surface area contributed by atoms with Crippen molar-refractivity contribution in [2.24, 2.45) is 5.92 Å². The highest BCUT2D eigenvalue weighted by atomic mass is 16.3. The number of aromatic amines is 1. The molecule has 1 aliphatic carbocycles. The molecule has 0 saturated heterocycles. The number of phenolic OH excluding ortho intramolecular Hbond substituents is 1. The molecule has 1 aliphatic rings. The van der Waals surface area contributed by atoms with Gasteiger partial charge in [-0.1, -0.05) is 37.8 Å². The Labute approximate surface area is 165 Å². The number of aromatic nitrogens is 2. The third-order valence-corrected chi connectivity index (χ3v) is 5.60. The Morgan fingerprint density at radius 2 is 1.93 bits per heavy atom. The first kappa shape index (κ1) is 18.5. The third kappa shape index (κ3) is 4.53. The Hall–Kier alpha value is -2.82. The maximum absolute atomic E-state index is 12.6. The topological polar surface area (TPSA) is 78.0 Å². The monoisotopic (exact) mass is 377 g/mol. The zero-order valence-electron chi connectivity index (χ0n) is 16.1. The Bertz CT molecular complexity index is 955. The summed E-state index contributed by atoms with van der Waals surface area (Å²) in [5, 5.41) is 12.7. The fourth-order valence-corrected chi connectivity index (χ4v) is 4.05. The summed E-state index contributed by atoms with van der Waals surface area (Å²) in [6.07, 6.45) is 8.25. The predicted molar refractivity (Wildman–Crippen MR) is 111 cm³/mol. The van der Waals surface area contributed by atoms with Gasteiger partial charge in [0.25, 0.3) is 5.91 Å². The van der Waals surface area contributed by atoms with E-state index in [-0.39, 0.29) is 11.7 Å². The van der Waals surface area contributed by atoms with E-state index in [1.165, 1.54) is 38.5 Å². The Morgan fingerprint density at radius 3 is 2.71 bits per heavy atom. The molecule has 0 atom stereocenters. The number of rotatable bonds is 5. The zero-order chi connectivity index (χ0) is 19.3. The second kappa shape index (κ2) is 8.46. The summed E-state index contributed by atoms with van der Waals surface area (Å²) in [6, 6.07) is 12.8. The molecule has 3 aromatic rings. The summed E-state index contributed by atoms with van der Waals surface area (Å²) in [6.45, 7) is 0.764. The third-order valence-electron chi connectivity index (χ3n) is 5.60. The van der Waals surface area contributed by atoms with Crippen LogP contribution in [0, 0.1) is 5.92 Å². The van der Waals surface area contributed by atoms with Gasteiger partial charge in [0.2, 0.25) is 0 Å². The zero-order valence-corrected chi connectivity index (χ0v) is 16.1. The summed E-state index contributed by atoms with van der Waals surface area (Å²) >= 11 is 0. The fraction of sp³-hybridized carbons (Fsp3) is 0.391. The number of aromatic hydroxyl groups is 1. The number of fused-ring (bicyclic) bond motifs is 1. The number of imidazole rings is 1. The van der Waals surface area contributed by atoms with Crippen molar-refractivity contribution >= 4 is 16.9 Å². The van der Waals surface area contributed by atoms with Crippen molar-refractivity contribution in [2.75, 3.05) is 6.54 Å². The SMILES string of the molecule is O=C(NCC1CCCCCC1)c1ccc2[nH]c(Cc3cccc(O)c3)nc2c1. The van der Waals surface area contributed by atoms with E-state index in [0.717, 1.165) is 29.0 Å². The van der Waals surface area contributed by atoms with Crippen molar-refractivity contribution < 1.29 is 9.90 Å². The van der Waals surface area contributed by atoms with Gasteiger partial charge in [0.15, 0.2) is 0 Å². The molecule has 1 saturated carbocycles. The number of nitrogens with zero attached hydrogens (tertiary/aromatic N) is 1. The van der Waals surface area contributed by atoms with E-state index in [1.807, 2.05) is 30.3 Å². The van der Waals surface area contributed by atoms with Crippen LogP contribution in [0.2, 0.25) is 0 Å². The van der Waals surface area contributed by atoms with E-state index in [2.05, 4.69) is 15.3 Å². The molecule has 0 radical (unpaired) electrons. The van der Waals surface area contributed by atoms with E-state index < -0.39 is 0 Å². The molecule has 1 heterocycles. The van der Waals surface area contributed by atoms with Gasteiger partial charge in [0, 0.05) is 18.5 Å². The summed E-state index contributed by atoms with van der Waals surface area (Å²) < 4.78 is 0. The molecule has 0 bridgehead atoms. The van der Waals surface area contributed by atoms with Gasteiger partial charge in [-0.3, -0.25) is 4.79 Å². The number of carbonyl (C=O) groups excluding carboxylic acids is 1. The van der Waals surface area contributed by atoms with Crippen LogP contribution in [0.25, 0.3) is 11.0 Å². The molecule has 3 N–H and O–H groups in total. The van der Waals surface area contributed by atoms with Crippen molar-refractivity contribution in [3.8, 4) is 5.75 Å². The van der Waals surface area contributed by atoms with Gasteiger partial charge in [-0.25, -0.2) is 4.98 Å². The molecule has 0 spiro atoms. The van der Waals surface area contributed by atoms with Crippen LogP contribution in [0.3, 0.4) is 0 Å². The van der Waals surface area contributed by atoms with Crippen molar-refractivity contribution in [1.82, 2.24) is 15.3 Å². The highest BCUT2D eigenvalue weighted by Crippen LogP contribution is 2.22. The highest BCUT2D eigenvalue weighted by molar-refractivity contribution is 5.97. The second-order valence-electron chi connectivity index (χ2n) is 7.83. The normalized spacial score (nSPS) is 15.4. The number of amides is 1. The van der Waals surface area contributed by atoms with E-state index in [4.69, 9.17) is 0 Å². The van der Waals surface area contributed by atoms with Gasteiger partial charge in [0.05, 0.1) is 11.0 Å². The molecular weight excluding hydrogens is 350 g/mol. The minimum Gasteiger partial charge on any atom is -0.508 e. The van der Waals surface area contributed by atoms with Crippen molar-refractivity contribution in [2.45, 2.75) is 44.9 Å². The van der Waals surface area contributed by atoms with Gasteiger partial charge in [-0.05, 0) is 54.7 Å². The second-order valence-corrected chi connectivity index (χ2v) is 7.83. The minimum absolute atomic E-state index is 0.0244. The molecule has 4 rings (SSSR count). The standard InChI is InChI=1S/C23H27N3O2/c27-19-9-5-8-17(12-19)13-22-25-20-11-10-18(14-21(20)26-22)23(28)24-15-16-6-3-1-2-4-7-16/h5,8-12,14,16,27H,1-4,6-7,13,15H2,(H,24,28)(H,25,26). The fourth-order valence-electron chi connectivity index (χ4n) is 4.05. The summed E-state index contributed by atoms with van der Waals surface area (Å²) in [5.74, 6) is 1.65. The van der Waals surface area contributed by atoms with Crippen LogP contribution >= 0.6 is 0 Å². The van der Waals surface area contributed by atoms with Crippen LogP contribution in [0.15, 0.2) is 42.5 Å². The largest absolute Gasteiger partial charge is 0.508 e. The molecule has 0 aliphatic heterocycles. The molecule has 0 unspecified atom stereocenters. The van der Waals surface area contributed by atoms with Crippen LogP contribution in [0.5, 0.6) is 5.75 Å². The van der Waals surface area contributed by atoms with Gasteiger partial charge in [-0.2, -0.15) is 0 Å². The van der Waals surface area contributed by atoms with Crippen LogP contribution in [-0.4, -0.2) is 27.5 Å². The number of phenols is 1. The van der Waals surface area contributed by atoms with Crippen LogP contribution in [0.1, 0.15) is 60.3 Å². The average Bonchev–Trinajstić information content (AvgIpc) is 2.90. The van der Waals surface area contributed by atoms with E-state index >= 15 is 0 Å². The van der Waals surface area contributed by atoms with Gasteiger partial charge in [-0.15, -0.1) is 0 Å². The lowest BCUT2D eigenvalue weighted by Gasteiger charge is -2.14. The molecule has 28 heavy (non-hydrogen) atoms. The Morgan fingerprint density at radius 1 is 1.11 bits per heavy atom. The minimum atomic E-state index is -0.0244. The number of nitrogens with one attached hydrogen (secondary N) is 2. The first-order chi connectivity index (χ1) is 13.7. The lowest BCUT2D eigenvalue weighted by atomic mass is 10.0. The highest BCUT2D eigenvalue weighted by Gasteiger charge is 2.15. The molecule has 5 nitrogen and oxygen atoms in total. The number of H-pyrrole nitrogens is 1. The predicted octanol–water partition coefficient (Wildman–Crippen LogP) is 4.56. The van der Waals surface area contributed by atoms with Gasteiger partial charge < -0.3 is 15.4 Å². The van der Waals surface area contributed by atoms with Gasteiger partial charge in [0.1, 0.15) is 11.6 Å². The van der Waals surface area contributed by atoms with Crippen molar-refractivity contribution in [1.29, 1.82) is 0 Å². The number of carbonyl (C=O) groups is 1. The Balaban J connectivity index is 1.42. The van der Waals surface area contributed by atoms with Crippen molar-refractivity contribution in [3.63, 3.8) is 0 Å². The molecule has 146 valence electrons. The maximum atomic E-state index is 12.6. The van der Waals surface area contributed by atoms with E-state index in [0.29, 0.717) is 17.9 Å². The van der Waals surface area contributed by atoms with E-state index in [9.17, 15) is 9.90 Å². The van der Waals surface area contributed by atoms with Crippen LogP contribution in [-0.2, 0) is 6.42 Å². The average molecular weight is 377 g/mol. The maximum Gasteiger partial charge on any atom is 0.251 e. The number of benzene rings is 2. The quantitative estimate of drug-likeness (QED) is 0.570. The van der Waals surface area contributed by atoms with Crippen LogP contribution < -0.4 is 5.32 Å². The molecule has 1 amide bonds. The first-order valence-corrected chi connectivity index (χ1v) is 10.2. The summed E-state index contributed by atoms with van der Waals surface area (Å²) in [7, 11) is 0. The molecule has 2 aromatic carbocycles. The molecular formula is C23H27N3O2. The number of hydrogen-bond acceptors (Lipinski definition) is 3. The smallest absolute Gasteiger partial charge is 0.251 e. The van der Waals surface area contributed by atoms with Gasteiger partial charge >= 0.3 is 0 Å². The molecule has 5 heteroatoms. The number of hydrogen-bond donors (Lipinski definition) is 3. The lowest BCUT2D eigenvalue weighted by molar-refractivity contribution is 0.0946. The summed E-state index contributed by atoms with van der Waals surface area (Å²) in [4.78, 5) is 20.5. The summed E-state index contributed by atoms with van der Waals surface area (Å²) in [5.41, 5.74) is 3.34. The van der Waals surface area contributed by atoms with Crippen molar-refractivity contribution in [3.05, 3.63) is 59.4 Å². The van der Waals surface area contributed by atoms with E-state index in [1.54, 1.807) is 12.1 Å². The van der Waals surface area contributed by atoms with Crippen LogP contribution in [0.4, 0.5) is 0 Å². The Kier molecular flexibility index (Phi) is 5.60. The first-order valence-electron chi connectivity index (χ1n) is 10.2.